The van der Waals surface area contributed by atoms with Crippen LogP contribution in [0.25, 0.3) is 0 Å². The van der Waals surface area contributed by atoms with Crippen LogP contribution in [-0.2, 0) is 10.3 Å². The van der Waals surface area contributed by atoms with Gasteiger partial charge in [0.05, 0.1) is 17.7 Å². The van der Waals surface area contributed by atoms with E-state index in [1.165, 1.54) is 18.2 Å². The molecule has 1 heterocycles. The predicted molar refractivity (Wildman–Crippen MR) is 81.8 cm³/mol. The van der Waals surface area contributed by atoms with Gasteiger partial charge in [-0.15, -0.1) is 0 Å². The smallest absolute Gasteiger partial charge is 0.438 e. The van der Waals surface area contributed by atoms with E-state index in [-0.39, 0.29) is 28.5 Å². The van der Waals surface area contributed by atoms with E-state index in [4.69, 9.17) is 16.3 Å². The summed E-state index contributed by atoms with van der Waals surface area (Å²) < 4.78 is 47.1. The summed E-state index contributed by atoms with van der Waals surface area (Å²) in [4.78, 5) is 14.9. The van der Waals surface area contributed by atoms with E-state index in [9.17, 15) is 18.0 Å². The average Bonchev–Trinajstić information content (AvgIpc) is 2.62. The van der Waals surface area contributed by atoms with Crippen molar-refractivity contribution in [2.75, 3.05) is 5.32 Å². The van der Waals surface area contributed by atoms with Crippen LogP contribution in [-0.4, -0.2) is 18.4 Å². The summed E-state index contributed by atoms with van der Waals surface area (Å²) in [6.45, 7) is 3.23. The van der Waals surface area contributed by atoms with Crippen LogP contribution in [0.15, 0.2) is 35.0 Å². The number of rotatable bonds is 3. The third-order valence-electron chi connectivity index (χ3n) is 3.37. The number of halogens is 4. The van der Waals surface area contributed by atoms with Crippen LogP contribution < -0.4 is 5.32 Å². The second-order valence-corrected chi connectivity index (χ2v) is 5.26. The number of alkyl halides is 3. The normalized spacial score (nSPS) is 21.5. The van der Waals surface area contributed by atoms with E-state index in [1.807, 2.05) is 0 Å². The SMILES string of the molecule is CC=C(CC)O[C@@]1(C(F)(F)F)C=NC(=O)Nc2ccc(Cl)cc21. The highest BCUT2D eigenvalue weighted by atomic mass is 35.5. The van der Waals surface area contributed by atoms with Crippen LogP contribution in [0.4, 0.5) is 23.7 Å². The van der Waals surface area contributed by atoms with Crippen LogP contribution in [0.1, 0.15) is 25.8 Å². The highest BCUT2D eigenvalue weighted by Gasteiger charge is 2.60. The maximum absolute atomic E-state index is 13.9. The van der Waals surface area contributed by atoms with Crippen LogP contribution in [0.2, 0.25) is 5.02 Å². The summed E-state index contributed by atoms with van der Waals surface area (Å²) in [7, 11) is 0. The van der Waals surface area contributed by atoms with Crippen LogP contribution in [0.3, 0.4) is 0 Å². The first kappa shape index (κ1) is 17.3. The third kappa shape index (κ3) is 3.19. The number of anilines is 1. The molecule has 1 aromatic rings. The fraction of sp³-hybridized carbons (Fsp3) is 0.333. The van der Waals surface area contributed by atoms with Crippen molar-refractivity contribution in [1.82, 2.24) is 0 Å². The predicted octanol–water partition coefficient (Wildman–Crippen LogP) is 5.04. The second kappa shape index (κ2) is 6.23. The van der Waals surface area contributed by atoms with E-state index in [1.54, 1.807) is 13.8 Å². The van der Waals surface area contributed by atoms with Crippen molar-refractivity contribution in [2.45, 2.75) is 32.0 Å². The summed E-state index contributed by atoms with van der Waals surface area (Å²) in [6, 6.07) is 2.87. The summed E-state index contributed by atoms with van der Waals surface area (Å²) in [5.41, 5.74) is -3.27. The molecule has 1 atom stereocenters. The molecule has 1 N–H and O–H groups in total. The minimum absolute atomic E-state index is 0.0548. The molecular weight excluding hydrogens is 333 g/mol. The highest BCUT2D eigenvalue weighted by Crippen LogP contribution is 2.47. The van der Waals surface area contributed by atoms with Gasteiger partial charge in [0.25, 0.3) is 5.60 Å². The number of carbonyl (C=O) groups excluding carboxylic acids is 1. The lowest BCUT2D eigenvalue weighted by molar-refractivity contribution is -0.240. The molecule has 4 nitrogen and oxygen atoms in total. The van der Waals surface area contributed by atoms with Crippen molar-refractivity contribution < 1.29 is 22.7 Å². The van der Waals surface area contributed by atoms with Gasteiger partial charge < -0.3 is 10.1 Å². The molecule has 124 valence electrons. The van der Waals surface area contributed by atoms with Gasteiger partial charge in [0.15, 0.2) is 0 Å². The minimum Gasteiger partial charge on any atom is -0.472 e. The Labute approximate surface area is 136 Å². The number of benzene rings is 1. The van der Waals surface area contributed by atoms with E-state index < -0.39 is 17.8 Å². The van der Waals surface area contributed by atoms with Gasteiger partial charge in [-0.3, -0.25) is 0 Å². The molecule has 0 spiro atoms. The summed E-state index contributed by atoms with van der Waals surface area (Å²) in [5, 5.41) is 2.38. The Hall–Kier alpha value is -2.02. The number of aliphatic imine (C=N–C) groups is 1. The molecule has 0 radical (unpaired) electrons. The van der Waals surface area contributed by atoms with Crippen LogP contribution in [0.5, 0.6) is 0 Å². The van der Waals surface area contributed by atoms with Crippen LogP contribution in [0, 0.1) is 0 Å². The number of ether oxygens (including phenoxy) is 1. The molecule has 0 bridgehead atoms. The molecule has 8 heteroatoms. The van der Waals surface area contributed by atoms with Gasteiger partial charge in [-0.2, -0.15) is 13.2 Å². The first-order valence-corrected chi connectivity index (χ1v) is 7.18. The summed E-state index contributed by atoms with van der Waals surface area (Å²) >= 11 is 5.85. The topological polar surface area (TPSA) is 50.7 Å². The minimum atomic E-state index is -4.86. The Kier molecular flexibility index (Phi) is 4.70. The molecule has 1 aliphatic heterocycles. The summed E-state index contributed by atoms with van der Waals surface area (Å²) in [6.07, 6.45) is -2.69. The van der Waals surface area contributed by atoms with E-state index >= 15 is 0 Å². The quantitative estimate of drug-likeness (QED) is 0.779. The molecule has 1 aromatic carbocycles. The molecule has 0 fully saturated rings. The van der Waals surface area contributed by atoms with Gasteiger partial charge in [0, 0.05) is 17.0 Å². The molecule has 23 heavy (non-hydrogen) atoms. The first-order chi connectivity index (χ1) is 10.7. The fourth-order valence-corrected chi connectivity index (χ4v) is 2.38. The molecule has 1 aliphatic rings. The highest BCUT2D eigenvalue weighted by molar-refractivity contribution is 6.30. The molecule has 2 amide bonds. The lowest BCUT2D eigenvalue weighted by Crippen LogP contribution is -2.46. The van der Waals surface area contributed by atoms with E-state index in [0.29, 0.717) is 6.21 Å². The zero-order valence-corrected chi connectivity index (χ0v) is 13.1. The number of nitrogens with zero attached hydrogens (tertiary/aromatic N) is 1. The maximum Gasteiger partial charge on any atom is 0.438 e. The van der Waals surface area contributed by atoms with Crippen molar-refractivity contribution >= 4 is 29.5 Å². The molecule has 0 aromatic heterocycles. The Bertz CT molecular complexity index is 686. The zero-order chi connectivity index (χ0) is 17.3. The number of nitrogens with one attached hydrogen (secondary N) is 1. The van der Waals surface area contributed by atoms with Gasteiger partial charge >= 0.3 is 12.2 Å². The Balaban J connectivity index is 2.76. The Morgan fingerprint density at radius 3 is 2.74 bits per heavy atom. The average molecular weight is 347 g/mol. The Morgan fingerprint density at radius 1 is 1.48 bits per heavy atom. The molecule has 2 rings (SSSR count). The number of hydrogen-bond donors (Lipinski definition) is 1. The number of amides is 2. The number of carbonyl (C=O) groups is 1. The summed E-state index contributed by atoms with van der Waals surface area (Å²) in [5.74, 6) is 0.119. The van der Waals surface area contributed by atoms with Gasteiger partial charge in [-0.25, -0.2) is 9.79 Å². The molecule has 0 aliphatic carbocycles. The molecule has 0 unspecified atom stereocenters. The third-order valence-corrected chi connectivity index (χ3v) is 3.61. The lowest BCUT2D eigenvalue weighted by Gasteiger charge is -2.34. The van der Waals surface area contributed by atoms with Crippen molar-refractivity contribution in [3.05, 3.63) is 40.6 Å². The van der Waals surface area contributed by atoms with Gasteiger partial charge in [-0.1, -0.05) is 18.5 Å². The monoisotopic (exact) mass is 346 g/mol. The Morgan fingerprint density at radius 2 is 2.17 bits per heavy atom. The largest absolute Gasteiger partial charge is 0.472 e. The second-order valence-electron chi connectivity index (χ2n) is 4.82. The number of hydrogen-bond acceptors (Lipinski definition) is 2. The fourth-order valence-electron chi connectivity index (χ4n) is 2.21. The maximum atomic E-state index is 13.9. The van der Waals surface area contributed by atoms with Gasteiger partial charge in [-0.05, 0) is 31.2 Å². The van der Waals surface area contributed by atoms with Crippen molar-refractivity contribution in [3.8, 4) is 0 Å². The van der Waals surface area contributed by atoms with Crippen molar-refractivity contribution in [1.29, 1.82) is 0 Å². The van der Waals surface area contributed by atoms with Gasteiger partial charge in [0.2, 0.25) is 0 Å². The van der Waals surface area contributed by atoms with E-state index in [2.05, 4.69) is 10.3 Å². The van der Waals surface area contributed by atoms with Gasteiger partial charge in [0.1, 0.15) is 0 Å². The van der Waals surface area contributed by atoms with Crippen LogP contribution >= 0.6 is 11.6 Å². The molecule has 0 saturated heterocycles. The molecular formula is C15H14ClF3N2O2. The number of urea groups is 1. The number of fused-ring (bicyclic) bond motifs is 1. The molecule has 0 saturated carbocycles. The lowest BCUT2D eigenvalue weighted by atomic mass is 9.92. The van der Waals surface area contributed by atoms with E-state index in [0.717, 1.165) is 6.07 Å². The standard InChI is InChI=1S/C15H14ClF3N2O2/c1-3-10(4-2)23-14(15(17,18)19)8-20-13(22)21-12-6-5-9(16)7-11(12)14/h3,5-8H,4H2,1-2H3,(H,21,22)/t14-/m0/s1. The van der Waals surface area contributed by atoms with Crippen molar-refractivity contribution in [3.63, 3.8) is 0 Å². The number of allylic oxidation sites excluding steroid dienone is 2. The van der Waals surface area contributed by atoms with Crippen molar-refractivity contribution in [2.24, 2.45) is 4.99 Å². The first-order valence-electron chi connectivity index (χ1n) is 6.80. The zero-order valence-electron chi connectivity index (χ0n) is 12.4.